The highest BCUT2D eigenvalue weighted by Crippen LogP contribution is 2.34. The van der Waals surface area contributed by atoms with E-state index in [1.54, 1.807) is 0 Å². The smallest absolute Gasteiger partial charge is 0.271 e. The van der Waals surface area contributed by atoms with Crippen LogP contribution in [0.1, 0.15) is 22.7 Å². The second kappa shape index (κ2) is 6.02. The van der Waals surface area contributed by atoms with Gasteiger partial charge in [-0.2, -0.15) is 13.2 Å². The summed E-state index contributed by atoms with van der Waals surface area (Å²) >= 11 is 0. The Hall–Kier alpha value is -1.92. The molecule has 0 saturated carbocycles. The predicted molar refractivity (Wildman–Crippen MR) is 69.4 cm³/mol. The molecule has 2 aromatic rings. The van der Waals surface area contributed by atoms with E-state index in [1.165, 1.54) is 6.20 Å². The number of nitrogens with zero attached hydrogens (tertiary/aromatic N) is 1. The van der Waals surface area contributed by atoms with Crippen molar-refractivity contribution in [2.75, 3.05) is 0 Å². The SMILES string of the molecule is NNC(Cc1ccccc1)c1cnccc1C(F)(F)F. The topological polar surface area (TPSA) is 50.9 Å². The zero-order valence-corrected chi connectivity index (χ0v) is 10.6. The highest BCUT2D eigenvalue weighted by Gasteiger charge is 2.35. The van der Waals surface area contributed by atoms with Crippen LogP contribution < -0.4 is 11.3 Å². The van der Waals surface area contributed by atoms with Crippen LogP contribution in [-0.4, -0.2) is 4.98 Å². The van der Waals surface area contributed by atoms with Crippen molar-refractivity contribution in [2.24, 2.45) is 5.84 Å². The molecule has 0 amide bonds. The van der Waals surface area contributed by atoms with Crippen molar-refractivity contribution in [3.63, 3.8) is 0 Å². The van der Waals surface area contributed by atoms with E-state index in [0.717, 1.165) is 17.8 Å². The maximum Gasteiger partial charge on any atom is 0.416 e. The molecule has 0 aliphatic rings. The van der Waals surface area contributed by atoms with Gasteiger partial charge in [-0.1, -0.05) is 30.3 Å². The van der Waals surface area contributed by atoms with Gasteiger partial charge in [-0.25, -0.2) is 0 Å². The van der Waals surface area contributed by atoms with E-state index >= 15 is 0 Å². The molecule has 0 bridgehead atoms. The maximum atomic E-state index is 13.0. The monoisotopic (exact) mass is 281 g/mol. The number of pyridine rings is 1. The first-order valence-electron chi connectivity index (χ1n) is 6.03. The molecule has 0 saturated heterocycles. The number of hydrazine groups is 1. The van der Waals surface area contributed by atoms with E-state index in [0.29, 0.717) is 6.42 Å². The zero-order valence-electron chi connectivity index (χ0n) is 10.6. The predicted octanol–water partition coefficient (Wildman–Crippen LogP) is 2.85. The number of benzene rings is 1. The number of hydrogen-bond acceptors (Lipinski definition) is 3. The molecule has 1 aromatic heterocycles. The van der Waals surface area contributed by atoms with Crippen molar-refractivity contribution in [3.05, 3.63) is 65.5 Å². The summed E-state index contributed by atoms with van der Waals surface area (Å²) < 4.78 is 39.0. The van der Waals surface area contributed by atoms with E-state index in [9.17, 15) is 13.2 Å². The Balaban J connectivity index is 2.33. The van der Waals surface area contributed by atoms with Crippen LogP contribution in [0.2, 0.25) is 0 Å². The van der Waals surface area contributed by atoms with Gasteiger partial charge in [0.05, 0.1) is 11.6 Å². The molecule has 1 unspecified atom stereocenters. The molecule has 0 spiro atoms. The van der Waals surface area contributed by atoms with Crippen LogP contribution in [0.15, 0.2) is 48.8 Å². The summed E-state index contributed by atoms with van der Waals surface area (Å²) in [6.45, 7) is 0. The van der Waals surface area contributed by atoms with E-state index in [1.807, 2.05) is 30.3 Å². The summed E-state index contributed by atoms with van der Waals surface area (Å²) in [5, 5.41) is 0. The van der Waals surface area contributed by atoms with E-state index in [2.05, 4.69) is 10.4 Å². The van der Waals surface area contributed by atoms with Crippen LogP contribution in [0.5, 0.6) is 0 Å². The van der Waals surface area contributed by atoms with Gasteiger partial charge >= 0.3 is 6.18 Å². The minimum atomic E-state index is -4.43. The Morgan fingerprint density at radius 3 is 2.45 bits per heavy atom. The second-order valence-corrected chi connectivity index (χ2v) is 4.37. The van der Waals surface area contributed by atoms with Crippen LogP contribution in [-0.2, 0) is 12.6 Å². The molecule has 3 nitrogen and oxygen atoms in total. The third kappa shape index (κ3) is 3.34. The van der Waals surface area contributed by atoms with Crippen LogP contribution in [0.4, 0.5) is 13.2 Å². The third-order valence-corrected chi connectivity index (χ3v) is 3.02. The van der Waals surface area contributed by atoms with Crippen LogP contribution in [0, 0.1) is 0 Å². The molecule has 0 aliphatic carbocycles. The molecule has 6 heteroatoms. The summed E-state index contributed by atoms with van der Waals surface area (Å²) in [7, 11) is 0. The quantitative estimate of drug-likeness (QED) is 0.669. The third-order valence-electron chi connectivity index (χ3n) is 3.02. The number of nitrogens with one attached hydrogen (secondary N) is 1. The highest BCUT2D eigenvalue weighted by atomic mass is 19.4. The Labute approximate surface area is 114 Å². The van der Waals surface area contributed by atoms with Gasteiger partial charge in [0.2, 0.25) is 0 Å². The normalized spacial score (nSPS) is 13.2. The maximum absolute atomic E-state index is 13.0. The van der Waals surface area contributed by atoms with Crippen LogP contribution in [0.3, 0.4) is 0 Å². The summed E-state index contributed by atoms with van der Waals surface area (Å²) in [6, 6.07) is 9.50. The molecule has 106 valence electrons. The lowest BCUT2D eigenvalue weighted by Crippen LogP contribution is -2.31. The van der Waals surface area contributed by atoms with Gasteiger partial charge in [-0.3, -0.25) is 16.3 Å². The number of alkyl halides is 3. The lowest BCUT2D eigenvalue weighted by Gasteiger charge is -2.20. The largest absolute Gasteiger partial charge is 0.416 e. The first kappa shape index (κ1) is 14.5. The Kier molecular flexibility index (Phi) is 4.36. The van der Waals surface area contributed by atoms with Gasteiger partial charge in [-0.05, 0) is 18.1 Å². The van der Waals surface area contributed by atoms with Crippen molar-refractivity contribution >= 4 is 0 Å². The molecule has 2 rings (SSSR count). The molecular formula is C14H14F3N3. The van der Waals surface area contributed by atoms with Crippen molar-refractivity contribution in [1.82, 2.24) is 10.4 Å². The Morgan fingerprint density at radius 2 is 1.85 bits per heavy atom. The van der Waals surface area contributed by atoms with Gasteiger partial charge in [0.1, 0.15) is 0 Å². The fourth-order valence-corrected chi connectivity index (χ4v) is 2.05. The van der Waals surface area contributed by atoms with Crippen molar-refractivity contribution in [2.45, 2.75) is 18.6 Å². The first-order valence-corrected chi connectivity index (χ1v) is 6.03. The number of nitrogens with two attached hydrogens (primary N) is 1. The van der Waals surface area contributed by atoms with Gasteiger partial charge in [-0.15, -0.1) is 0 Å². The van der Waals surface area contributed by atoms with Gasteiger partial charge in [0.25, 0.3) is 0 Å². The number of rotatable bonds is 4. The molecule has 0 aliphatic heterocycles. The Morgan fingerprint density at radius 1 is 1.15 bits per heavy atom. The minimum Gasteiger partial charge on any atom is -0.271 e. The van der Waals surface area contributed by atoms with Crippen molar-refractivity contribution in [1.29, 1.82) is 0 Å². The molecule has 1 aromatic carbocycles. The molecule has 0 fully saturated rings. The lowest BCUT2D eigenvalue weighted by molar-refractivity contribution is -0.138. The summed E-state index contributed by atoms with van der Waals surface area (Å²) in [5.74, 6) is 5.42. The average Bonchev–Trinajstić information content (AvgIpc) is 2.45. The van der Waals surface area contributed by atoms with Crippen molar-refractivity contribution < 1.29 is 13.2 Å². The molecule has 0 radical (unpaired) electrons. The van der Waals surface area contributed by atoms with Gasteiger partial charge in [0, 0.05) is 18.0 Å². The second-order valence-electron chi connectivity index (χ2n) is 4.37. The molecule has 1 heterocycles. The van der Waals surface area contributed by atoms with Crippen LogP contribution in [0.25, 0.3) is 0 Å². The standard InChI is InChI=1S/C14H14F3N3/c15-14(16,17)12-6-7-19-9-11(12)13(20-18)8-10-4-2-1-3-5-10/h1-7,9,13,20H,8,18H2. The first-order chi connectivity index (χ1) is 9.52. The van der Waals surface area contributed by atoms with E-state index in [4.69, 9.17) is 5.84 Å². The average molecular weight is 281 g/mol. The highest BCUT2D eigenvalue weighted by molar-refractivity contribution is 5.31. The van der Waals surface area contributed by atoms with Crippen molar-refractivity contribution in [3.8, 4) is 0 Å². The van der Waals surface area contributed by atoms with E-state index < -0.39 is 17.8 Å². The molecule has 1 atom stereocenters. The molecule has 3 N–H and O–H groups in total. The summed E-state index contributed by atoms with van der Waals surface area (Å²) in [5.41, 5.74) is 2.67. The van der Waals surface area contributed by atoms with Gasteiger partial charge < -0.3 is 0 Å². The zero-order chi connectivity index (χ0) is 14.6. The van der Waals surface area contributed by atoms with Gasteiger partial charge in [0.15, 0.2) is 0 Å². The summed E-state index contributed by atoms with van der Waals surface area (Å²) in [6.07, 6.45) is -1.74. The molecule has 20 heavy (non-hydrogen) atoms. The van der Waals surface area contributed by atoms with Crippen LogP contribution >= 0.6 is 0 Å². The Bertz CT molecular complexity index is 555. The number of hydrogen-bond donors (Lipinski definition) is 2. The number of halogens is 3. The fraction of sp³-hybridized carbons (Fsp3) is 0.214. The fourth-order valence-electron chi connectivity index (χ4n) is 2.05. The molecular weight excluding hydrogens is 267 g/mol. The summed E-state index contributed by atoms with van der Waals surface area (Å²) in [4.78, 5) is 3.77. The van der Waals surface area contributed by atoms with E-state index in [-0.39, 0.29) is 5.56 Å². The minimum absolute atomic E-state index is 0.0475. The number of aromatic nitrogens is 1. The lowest BCUT2D eigenvalue weighted by atomic mass is 9.97.